The van der Waals surface area contributed by atoms with E-state index in [1.54, 1.807) is 0 Å². The van der Waals surface area contributed by atoms with Crippen LogP contribution in [0.2, 0.25) is 0 Å². The Hall–Kier alpha value is -1.84. The zero-order valence-electron chi connectivity index (χ0n) is 10.9. The molecule has 2 N–H and O–H groups in total. The molecule has 0 aliphatic rings. The van der Waals surface area contributed by atoms with E-state index in [1.165, 1.54) is 0 Å². The van der Waals surface area contributed by atoms with Gasteiger partial charge in [-0.05, 0) is 17.7 Å². The van der Waals surface area contributed by atoms with Crippen LogP contribution in [-0.4, -0.2) is 19.8 Å². The highest BCUT2D eigenvalue weighted by molar-refractivity contribution is 5.21. The largest absolute Gasteiger partial charge is 0.491 e. The third-order valence-electron chi connectivity index (χ3n) is 2.76. The Balaban J connectivity index is 1.62. The molecule has 0 saturated carbocycles. The number of hydrogen-bond donors (Lipinski definition) is 1. The van der Waals surface area contributed by atoms with Gasteiger partial charge in [-0.2, -0.15) is 0 Å². The molecule has 0 aromatic heterocycles. The van der Waals surface area contributed by atoms with Crippen LogP contribution in [0.15, 0.2) is 60.7 Å². The molecular weight excluding hydrogens is 238 g/mol. The van der Waals surface area contributed by atoms with Gasteiger partial charge in [0.05, 0.1) is 19.3 Å². The molecule has 0 bridgehead atoms. The van der Waals surface area contributed by atoms with Crippen molar-refractivity contribution in [3.05, 3.63) is 66.2 Å². The van der Waals surface area contributed by atoms with Crippen LogP contribution in [0, 0.1) is 0 Å². The molecule has 19 heavy (non-hydrogen) atoms. The summed E-state index contributed by atoms with van der Waals surface area (Å²) in [4.78, 5) is 0. The summed E-state index contributed by atoms with van der Waals surface area (Å²) in [6.07, 6.45) is 0. The molecule has 0 aliphatic carbocycles. The number of benzene rings is 2. The molecule has 3 nitrogen and oxygen atoms in total. The van der Waals surface area contributed by atoms with Gasteiger partial charge in [-0.1, -0.05) is 48.5 Å². The van der Waals surface area contributed by atoms with Crippen molar-refractivity contribution < 1.29 is 9.47 Å². The topological polar surface area (TPSA) is 44.5 Å². The van der Waals surface area contributed by atoms with Crippen LogP contribution in [0.5, 0.6) is 5.75 Å². The predicted octanol–water partition coefficient (Wildman–Crippen LogP) is 2.78. The summed E-state index contributed by atoms with van der Waals surface area (Å²) < 4.78 is 11.0. The Morgan fingerprint density at radius 2 is 1.47 bits per heavy atom. The van der Waals surface area contributed by atoms with E-state index in [0.29, 0.717) is 19.8 Å². The van der Waals surface area contributed by atoms with Crippen molar-refractivity contribution in [2.24, 2.45) is 5.73 Å². The molecule has 2 aromatic rings. The molecule has 1 unspecified atom stereocenters. The maximum Gasteiger partial charge on any atom is 0.119 e. The Labute approximate surface area is 114 Å². The van der Waals surface area contributed by atoms with Crippen molar-refractivity contribution >= 4 is 0 Å². The first-order valence-electron chi connectivity index (χ1n) is 6.42. The molecule has 0 heterocycles. The molecular formula is C16H19NO2. The second-order valence-electron chi connectivity index (χ2n) is 4.25. The maximum absolute atomic E-state index is 6.02. The van der Waals surface area contributed by atoms with Crippen LogP contribution in [0.4, 0.5) is 0 Å². The SMILES string of the molecule is NC(COCCOc1ccccc1)c1ccccc1. The van der Waals surface area contributed by atoms with Gasteiger partial charge in [-0.25, -0.2) is 0 Å². The molecule has 2 rings (SSSR count). The van der Waals surface area contributed by atoms with Gasteiger partial charge in [0.25, 0.3) is 0 Å². The van der Waals surface area contributed by atoms with Crippen LogP contribution in [0.1, 0.15) is 11.6 Å². The second-order valence-corrected chi connectivity index (χ2v) is 4.25. The lowest BCUT2D eigenvalue weighted by molar-refractivity contribution is 0.0903. The molecule has 0 fully saturated rings. The van der Waals surface area contributed by atoms with E-state index in [-0.39, 0.29) is 6.04 Å². The average molecular weight is 257 g/mol. The normalized spacial score (nSPS) is 12.1. The Morgan fingerprint density at radius 1 is 0.842 bits per heavy atom. The minimum absolute atomic E-state index is 0.0853. The minimum atomic E-state index is -0.0853. The summed E-state index contributed by atoms with van der Waals surface area (Å²) in [5.74, 6) is 0.860. The molecule has 0 saturated heterocycles. The van der Waals surface area contributed by atoms with Crippen molar-refractivity contribution in [2.75, 3.05) is 19.8 Å². The van der Waals surface area contributed by atoms with Crippen molar-refractivity contribution in [3.8, 4) is 5.75 Å². The minimum Gasteiger partial charge on any atom is -0.491 e. The van der Waals surface area contributed by atoms with E-state index < -0.39 is 0 Å². The molecule has 0 spiro atoms. The summed E-state index contributed by atoms with van der Waals surface area (Å²) in [7, 11) is 0. The van der Waals surface area contributed by atoms with Gasteiger partial charge in [0, 0.05) is 0 Å². The smallest absolute Gasteiger partial charge is 0.119 e. The number of ether oxygens (including phenoxy) is 2. The van der Waals surface area contributed by atoms with Crippen molar-refractivity contribution in [3.63, 3.8) is 0 Å². The lowest BCUT2D eigenvalue weighted by Gasteiger charge is -2.12. The summed E-state index contributed by atoms with van der Waals surface area (Å²) in [6, 6.07) is 19.6. The summed E-state index contributed by atoms with van der Waals surface area (Å²) in [6.45, 7) is 1.57. The van der Waals surface area contributed by atoms with Gasteiger partial charge in [0.15, 0.2) is 0 Å². The first-order valence-corrected chi connectivity index (χ1v) is 6.42. The van der Waals surface area contributed by atoms with Crippen molar-refractivity contribution in [2.45, 2.75) is 6.04 Å². The lowest BCUT2D eigenvalue weighted by atomic mass is 10.1. The van der Waals surface area contributed by atoms with E-state index in [9.17, 15) is 0 Å². The predicted molar refractivity (Wildman–Crippen MR) is 76.1 cm³/mol. The van der Waals surface area contributed by atoms with Gasteiger partial charge in [0.2, 0.25) is 0 Å². The van der Waals surface area contributed by atoms with E-state index in [0.717, 1.165) is 11.3 Å². The fourth-order valence-electron chi connectivity index (χ4n) is 1.74. The Morgan fingerprint density at radius 3 is 2.16 bits per heavy atom. The van der Waals surface area contributed by atoms with Crippen molar-refractivity contribution in [1.82, 2.24) is 0 Å². The van der Waals surface area contributed by atoms with Crippen LogP contribution < -0.4 is 10.5 Å². The average Bonchev–Trinajstić information content (AvgIpc) is 2.49. The maximum atomic E-state index is 6.02. The highest BCUT2D eigenvalue weighted by atomic mass is 16.5. The van der Waals surface area contributed by atoms with Gasteiger partial charge in [-0.15, -0.1) is 0 Å². The van der Waals surface area contributed by atoms with Crippen LogP contribution in [0.3, 0.4) is 0 Å². The van der Waals surface area contributed by atoms with E-state index in [2.05, 4.69) is 0 Å². The van der Waals surface area contributed by atoms with Gasteiger partial charge >= 0.3 is 0 Å². The quantitative estimate of drug-likeness (QED) is 0.776. The molecule has 0 radical (unpaired) electrons. The molecule has 1 atom stereocenters. The summed E-state index contributed by atoms with van der Waals surface area (Å²) in [5.41, 5.74) is 7.11. The molecule has 100 valence electrons. The molecule has 2 aromatic carbocycles. The van der Waals surface area contributed by atoms with Gasteiger partial charge in [0.1, 0.15) is 12.4 Å². The molecule has 3 heteroatoms. The van der Waals surface area contributed by atoms with E-state index in [4.69, 9.17) is 15.2 Å². The zero-order valence-corrected chi connectivity index (χ0v) is 10.9. The first kappa shape index (κ1) is 13.6. The van der Waals surface area contributed by atoms with Gasteiger partial charge in [-0.3, -0.25) is 0 Å². The highest BCUT2D eigenvalue weighted by Crippen LogP contribution is 2.10. The van der Waals surface area contributed by atoms with Gasteiger partial charge < -0.3 is 15.2 Å². The number of hydrogen-bond acceptors (Lipinski definition) is 3. The summed E-state index contributed by atoms with van der Waals surface area (Å²) in [5, 5.41) is 0. The van der Waals surface area contributed by atoms with Crippen LogP contribution in [0.25, 0.3) is 0 Å². The first-order chi connectivity index (χ1) is 9.36. The molecule has 0 amide bonds. The van der Waals surface area contributed by atoms with Crippen LogP contribution >= 0.6 is 0 Å². The third-order valence-corrected chi connectivity index (χ3v) is 2.76. The fraction of sp³-hybridized carbons (Fsp3) is 0.250. The van der Waals surface area contributed by atoms with Crippen LogP contribution in [-0.2, 0) is 4.74 Å². The second kappa shape index (κ2) is 7.56. The molecule has 0 aliphatic heterocycles. The van der Waals surface area contributed by atoms with E-state index >= 15 is 0 Å². The fourth-order valence-corrected chi connectivity index (χ4v) is 1.74. The number of rotatable bonds is 7. The number of para-hydroxylation sites is 1. The Kier molecular flexibility index (Phi) is 5.41. The standard InChI is InChI=1S/C16H19NO2/c17-16(14-7-3-1-4-8-14)13-18-11-12-19-15-9-5-2-6-10-15/h1-10,16H,11-13,17H2. The third kappa shape index (κ3) is 4.73. The number of nitrogens with two attached hydrogens (primary N) is 1. The monoisotopic (exact) mass is 257 g/mol. The van der Waals surface area contributed by atoms with Crippen molar-refractivity contribution in [1.29, 1.82) is 0 Å². The Bertz CT molecular complexity index is 459. The summed E-state index contributed by atoms with van der Waals surface area (Å²) >= 11 is 0. The van der Waals surface area contributed by atoms with E-state index in [1.807, 2.05) is 60.7 Å². The highest BCUT2D eigenvalue weighted by Gasteiger charge is 2.04. The lowest BCUT2D eigenvalue weighted by Crippen LogP contribution is -2.19. The zero-order chi connectivity index (χ0) is 13.3.